The second-order valence-electron chi connectivity index (χ2n) is 4.97. The molecule has 0 heterocycles. The maximum absolute atomic E-state index is 12.0. The Labute approximate surface area is 104 Å². The van der Waals surface area contributed by atoms with E-state index in [-0.39, 0.29) is 11.8 Å². The van der Waals surface area contributed by atoms with Crippen LogP contribution in [0.2, 0.25) is 0 Å². The molecule has 0 radical (unpaired) electrons. The second kappa shape index (κ2) is 4.44. The zero-order valence-electron chi connectivity index (χ0n) is 10.00. The Morgan fingerprint density at radius 3 is 2.33 bits per heavy atom. The lowest BCUT2D eigenvalue weighted by Gasteiger charge is -2.24. The van der Waals surface area contributed by atoms with Crippen molar-refractivity contribution in [1.29, 1.82) is 0 Å². The zero-order chi connectivity index (χ0) is 13.4. The lowest BCUT2D eigenvalue weighted by Crippen LogP contribution is -2.48. The highest BCUT2D eigenvalue weighted by Gasteiger charge is 2.51. The quantitative estimate of drug-likeness (QED) is 0.586. The first-order valence-corrected chi connectivity index (χ1v) is 5.92. The minimum atomic E-state index is -0.960. The summed E-state index contributed by atoms with van der Waals surface area (Å²) in [5, 5.41) is 11.7. The van der Waals surface area contributed by atoms with Crippen molar-refractivity contribution in [1.82, 2.24) is 5.32 Å². The van der Waals surface area contributed by atoms with Gasteiger partial charge in [-0.25, -0.2) is 0 Å². The van der Waals surface area contributed by atoms with Gasteiger partial charge in [0.05, 0.1) is 11.8 Å². The van der Waals surface area contributed by atoms with Gasteiger partial charge in [0.2, 0.25) is 11.8 Å². The van der Waals surface area contributed by atoms with E-state index in [1.807, 2.05) is 12.2 Å². The summed E-state index contributed by atoms with van der Waals surface area (Å²) in [4.78, 5) is 34.2. The summed E-state index contributed by atoms with van der Waals surface area (Å²) in [6.45, 7) is 1.49. The summed E-state index contributed by atoms with van der Waals surface area (Å²) in [6, 6.07) is -0.782. The van der Waals surface area contributed by atoms with E-state index in [4.69, 9.17) is 5.73 Å². The van der Waals surface area contributed by atoms with Gasteiger partial charge in [-0.05, 0) is 25.2 Å². The number of carbonyl (C=O) groups excluding carboxylic acids is 2. The van der Waals surface area contributed by atoms with Crippen LogP contribution in [-0.4, -0.2) is 28.9 Å². The van der Waals surface area contributed by atoms with Crippen LogP contribution in [0.3, 0.4) is 0 Å². The van der Waals surface area contributed by atoms with E-state index < -0.39 is 35.7 Å². The highest BCUT2D eigenvalue weighted by molar-refractivity contribution is 5.90. The Balaban J connectivity index is 2.12. The molecule has 2 amide bonds. The standard InChI is InChI=1S/C12H16N2O4/c1-5(10(13)15)14-11(16)8-6-2-3-7(4-6)9(8)12(17)18/h2-3,5-9H,4H2,1H3,(H2,13,15)(H,14,16)(H,17,18)/t5?,6?,7?,8-,9+/m0/s1. The molecule has 0 aromatic rings. The third-order valence-electron chi connectivity index (χ3n) is 3.83. The van der Waals surface area contributed by atoms with E-state index in [0.717, 1.165) is 0 Å². The Kier molecular flexibility index (Phi) is 3.11. The molecular formula is C12H16N2O4. The van der Waals surface area contributed by atoms with Gasteiger partial charge < -0.3 is 16.2 Å². The minimum Gasteiger partial charge on any atom is -0.481 e. The van der Waals surface area contributed by atoms with E-state index in [1.54, 1.807) is 0 Å². The molecule has 1 fully saturated rings. The van der Waals surface area contributed by atoms with Gasteiger partial charge in [-0.15, -0.1) is 0 Å². The first kappa shape index (κ1) is 12.6. The van der Waals surface area contributed by atoms with Crippen molar-refractivity contribution in [2.24, 2.45) is 29.4 Å². The Hall–Kier alpha value is -1.85. The molecule has 2 aliphatic carbocycles. The van der Waals surface area contributed by atoms with Crippen LogP contribution < -0.4 is 11.1 Å². The number of fused-ring (bicyclic) bond motifs is 2. The molecule has 1 saturated carbocycles. The van der Waals surface area contributed by atoms with Gasteiger partial charge in [-0.3, -0.25) is 14.4 Å². The number of carboxylic acid groups (broad SMARTS) is 1. The minimum absolute atomic E-state index is 0.0452. The van der Waals surface area contributed by atoms with E-state index in [1.165, 1.54) is 6.92 Å². The summed E-state index contributed by atoms with van der Waals surface area (Å²) in [5.74, 6) is -3.40. The third kappa shape index (κ3) is 1.98. The van der Waals surface area contributed by atoms with E-state index >= 15 is 0 Å². The number of amides is 2. The summed E-state index contributed by atoms with van der Waals surface area (Å²) in [7, 11) is 0. The number of hydrogen-bond donors (Lipinski definition) is 3. The zero-order valence-corrected chi connectivity index (χ0v) is 10.00. The number of carboxylic acids is 1. The molecule has 18 heavy (non-hydrogen) atoms. The molecule has 6 nitrogen and oxygen atoms in total. The molecule has 98 valence electrons. The average molecular weight is 252 g/mol. The maximum Gasteiger partial charge on any atom is 0.307 e. The predicted octanol–water partition coefficient (Wildman–Crippen LogP) is -0.501. The van der Waals surface area contributed by atoms with Crippen LogP contribution in [0.1, 0.15) is 13.3 Å². The van der Waals surface area contributed by atoms with Crippen molar-refractivity contribution in [3.8, 4) is 0 Å². The first-order valence-electron chi connectivity index (χ1n) is 5.92. The first-order chi connectivity index (χ1) is 8.41. The molecule has 0 spiro atoms. The number of primary amides is 1. The van der Waals surface area contributed by atoms with Crippen LogP contribution in [0.5, 0.6) is 0 Å². The van der Waals surface area contributed by atoms with Gasteiger partial charge >= 0.3 is 5.97 Å². The van der Waals surface area contributed by atoms with Crippen molar-refractivity contribution in [3.05, 3.63) is 12.2 Å². The summed E-state index contributed by atoms with van der Waals surface area (Å²) < 4.78 is 0. The molecule has 0 aromatic heterocycles. The van der Waals surface area contributed by atoms with Crippen LogP contribution in [0, 0.1) is 23.7 Å². The average Bonchev–Trinajstić information content (AvgIpc) is 2.87. The number of hydrogen-bond acceptors (Lipinski definition) is 3. The monoisotopic (exact) mass is 252 g/mol. The number of rotatable bonds is 4. The fraction of sp³-hybridized carbons (Fsp3) is 0.583. The largest absolute Gasteiger partial charge is 0.481 e. The Morgan fingerprint density at radius 2 is 1.83 bits per heavy atom. The number of carbonyl (C=O) groups is 3. The van der Waals surface area contributed by atoms with Crippen LogP contribution in [-0.2, 0) is 14.4 Å². The highest BCUT2D eigenvalue weighted by atomic mass is 16.4. The van der Waals surface area contributed by atoms with Crippen LogP contribution >= 0.6 is 0 Å². The maximum atomic E-state index is 12.0. The normalized spacial score (nSPS) is 34.3. The Morgan fingerprint density at radius 1 is 1.28 bits per heavy atom. The van der Waals surface area contributed by atoms with Crippen LogP contribution in [0.4, 0.5) is 0 Å². The number of allylic oxidation sites excluding steroid dienone is 2. The smallest absolute Gasteiger partial charge is 0.307 e. The molecule has 2 aliphatic rings. The highest BCUT2D eigenvalue weighted by Crippen LogP contribution is 2.48. The fourth-order valence-electron chi connectivity index (χ4n) is 2.90. The van der Waals surface area contributed by atoms with Crippen LogP contribution in [0.25, 0.3) is 0 Å². The van der Waals surface area contributed by atoms with Gasteiger partial charge in [-0.1, -0.05) is 12.2 Å². The van der Waals surface area contributed by atoms with E-state index in [0.29, 0.717) is 6.42 Å². The van der Waals surface area contributed by atoms with Crippen molar-refractivity contribution in [3.63, 3.8) is 0 Å². The summed E-state index contributed by atoms with van der Waals surface area (Å²) in [6.07, 6.45) is 4.45. The van der Waals surface area contributed by atoms with Gasteiger partial charge in [0, 0.05) is 0 Å². The van der Waals surface area contributed by atoms with Crippen molar-refractivity contribution >= 4 is 17.8 Å². The molecule has 0 aromatic carbocycles. The summed E-state index contributed by atoms with van der Waals surface area (Å²) >= 11 is 0. The molecule has 4 N–H and O–H groups in total. The van der Waals surface area contributed by atoms with Gasteiger partial charge in [0.1, 0.15) is 6.04 Å². The summed E-state index contributed by atoms with van der Waals surface area (Å²) in [5.41, 5.74) is 5.07. The second-order valence-corrected chi connectivity index (χ2v) is 4.97. The molecule has 3 unspecified atom stereocenters. The van der Waals surface area contributed by atoms with Gasteiger partial charge in [-0.2, -0.15) is 0 Å². The topological polar surface area (TPSA) is 109 Å². The SMILES string of the molecule is CC(NC(=O)[C@H]1C2C=CC(C2)[C@H]1C(=O)O)C(N)=O. The van der Waals surface area contributed by atoms with Gasteiger partial charge in [0.25, 0.3) is 0 Å². The lowest BCUT2D eigenvalue weighted by molar-refractivity contribution is -0.148. The molecule has 6 heteroatoms. The van der Waals surface area contributed by atoms with Gasteiger partial charge in [0.15, 0.2) is 0 Å². The number of nitrogens with two attached hydrogens (primary N) is 1. The third-order valence-corrected chi connectivity index (χ3v) is 3.83. The molecule has 2 bridgehead atoms. The predicted molar refractivity (Wildman–Crippen MR) is 62.2 cm³/mol. The van der Waals surface area contributed by atoms with Crippen molar-refractivity contribution < 1.29 is 19.5 Å². The van der Waals surface area contributed by atoms with E-state index in [2.05, 4.69) is 5.32 Å². The van der Waals surface area contributed by atoms with Crippen molar-refractivity contribution in [2.45, 2.75) is 19.4 Å². The van der Waals surface area contributed by atoms with Crippen LogP contribution in [0.15, 0.2) is 12.2 Å². The molecule has 0 aliphatic heterocycles. The molecule has 0 saturated heterocycles. The van der Waals surface area contributed by atoms with E-state index in [9.17, 15) is 19.5 Å². The Bertz CT molecular complexity index is 432. The number of aliphatic carboxylic acids is 1. The molecule has 5 atom stereocenters. The molecule has 2 rings (SSSR count). The molecular weight excluding hydrogens is 236 g/mol. The fourth-order valence-corrected chi connectivity index (χ4v) is 2.90. The number of nitrogens with one attached hydrogen (secondary N) is 1. The van der Waals surface area contributed by atoms with Crippen molar-refractivity contribution in [2.75, 3.05) is 0 Å². The lowest BCUT2D eigenvalue weighted by atomic mass is 9.82.